The van der Waals surface area contributed by atoms with Gasteiger partial charge in [-0.2, -0.15) is 5.10 Å². The molecule has 0 unspecified atom stereocenters. The number of carbonyl (C=O) groups is 1. The molecule has 1 saturated heterocycles. The maximum atomic E-state index is 13.4. The molecule has 0 saturated carbocycles. The molecule has 1 amide bonds. The zero-order valence-corrected chi connectivity index (χ0v) is 17.2. The zero-order valence-electron chi connectivity index (χ0n) is 16.5. The molecule has 1 aromatic heterocycles. The SMILES string of the molecule is CCN(C[C@H]1CCCO1)C(=O)c1nn(-c2ccc(Cl)cc2)c2c1CCCCC2. The maximum Gasteiger partial charge on any atom is 0.274 e. The first-order chi connectivity index (χ1) is 13.7. The van der Waals surface area contributed by atoms with Crippen molar-refractivity contribution < 1.29 is 9.53 Å². The van der Waals surface area contributed by atoms with E-state index in [9.17, 15) is 4.79 Å². The van der Waals surface area contributed by atoms with Gasteiger partial charge in [0.15, 0.2) is 5.69 Å². The number of carbonyl (C=O) groups excluding carboxylic acids is 1. The van der Waals surface area contributed by atoms with Crippen LogP contribution in [0.4, 0.5) is 0 Å². The Balaban J connectivity index is 1.69. The number of halogens is 1. The second kappa shape index (κ2) is 8.66. The van der Waals surface area contributed by atoms with Gasteiger partial charge in [-0.05, 0) is 69.7 Å². The largest absolute Gasteiger partial charge is 0.376 e. The molecule has 28 heavy (non-hydrogen) atoms. The highest BCUT2D eigenvalue weighted by atomic mass is 35.5. The van der Waals surface area contributed by atoms with Crippen molar-refractivity contribution in [1.29, 1.82) is 0 Å². The van der Waals surface area contributed by atoms with Crippen molar-refractivity contribution in [2.75, 3.05) is 19.7 Å². The van der Waals surface area contributed by atoms with Gasteiger partial charge in [-0.3, -0.25) is 4.79 Å². The molecule has 4 rings (SSSR count). The second-order valence-electron chi connectivity index (χ2n) is 7.70. The molecule has 0 radical (unpaired) electrons. The lowest BCUT2D eigenvalue weighted by Gasteiger charge is -2.23. The van der Waals surface area contributed by atoms with Crippen LogP contribution in [0.5, 0.6) is 0 Å². The van der Waals surface area contributed by atoms with Gasteiger partial charge in [-0.25, -0.2) is 4.68 Å². The standard InChI is InChI=1S/C22H28ClN3O2/c1-2-25(15-18-7-6-14-28-18)22(27)21-19-8-4-3-5-9-20(19)26(24-21)17-12-10-16(23)11-13-17/h10-13,18H,2-9,14-15H2,1H3/t18-/m1/s1. The lowest BCUT2D eigenvalue weighted by atomic mass is 10.1. The average Bonchev–Trinajstić information content (AvgIpc) is 3.28. The van der Waals surface area contributed by atoms with E-state index in [1.807, 2.05) is 40.8 Å². The summed E-state index contributed by atoms with van der Waals surface area (Å²) in [5.41, 5.74) is 3.88. The summed E-state index contributed by atoms with van der Waals surface area (Å²) in [5.74, 6) is 0.0314. The summed E-state index contributed by atoms with van der Waals surface area (Å²) in [6, 6.07) is 7.69. The minimum absolute atomic E-state index is 0.0314. The van der Waals surface area contributed by atoms with Crippen LogP contribution in [0.1, 0.15) is 60.8 Å². The number of benzene rings is 1. The lowest BCUT2D eigenvalue weighted by molar-refractivity contribution is 0.0533. The van der Waals surface area contributed by atoms with Crippen LogP contribution in [0.15, 0.2) is 24.3 Å². The molecule has 150 valence electrons. The normalized spacial score (nSPS) is 19.3. The molecule has 5 nitrogen and oxygen atoms in total. The second-order valence-corrected chi connectivity index (χ2v) is 8.14. The molecule has 2 aliphatic rings. The van der Waals surface area contributed by atoms with Crippen LogP contribution >= 0.6 is 11.6 Å². The molecular weight excluding hydrogens is 374 g/mol. The van der Waals surface area contributed by atoms with E-state index < -0.39 is 0 Å². The fourth-order valence-electron chi connectivity index (χ4n) is 4.28. The summed E-state index contributed by atoms with van der Waals surface area (Å²) < 4.78 is 7.72. The molecule has 1 aromatic carbocycles. The number of ether oxygens (including phenoxy) is 1. The molecule has 1 atom stereocenters. The lowest BCUT2D eigenvalue weighted by Crippen LogP contribution is -2.37. The Hall–Kier alpha value is -1.85. The van der Waals surface area contributed by atoms with Crippen LogP contribution in [-0.4, -0.2) is 46.4 Å². The Bertz CT molecular complexity index is 825. The van der Waals surface area contributed by atoms with E-state index >= 15 is 0 Å². The van der Waals surface area contributed by atoms with Gasteiger partial charge in [0.2, 0.25) is 0 Å². The minimum Gasteiger partial charge on any atom is -0.376 e. The van der Waals surface area contributed by atoms with Crippen molar-refractivity contribution in [3.8, 4) is 5.69 Å². The van der Waals surface area contributed by atoms with Gasteiger partial charge >= 0.3 is 0 Å². The Labute approximate surface area is 171 Å². The predicted octanol–water partition coefficient (Wildman–Crippen LogP) is 4.44. The molecule has 6 heteroatoms. The molecule has 1 aliphatic carbocycles. The maximum absolute atomic E-state index is 13.4. The molecule has 2 aromatic rings. The van der Waals surface area contributed by atoms with Crippen LogP contribution < -0.4 is 0 Å². The summed E-state index contributed by atoms with van der Waals surface area (Å²) >= 11 is 6.06. The zero-order chi connectivity index (χ0) is 19.5. The third-order valence-corrected chi connectivity index (χ3v) is 6.07. The fraction of sp³-hybridized carbons (Fsp3) is 0.545. The molecular formula is C22H28ClN3O2. The van der Waals surface area contributed by atoms with Crippen molar-refractivity contribution in [3.05, 3.63) is 46.2 Å². The van der Waals surface area contributed by atoms with E-state index in [-0.39, 0.29) is 12.0 Å². The Morgan fingerprint density at radius 1 is 1.21 bits per heavy atom. The third-order valence-electron chi connectivity index (χ3n) is 5.82. The van der Waals surface area contributed by atoms with Crippen molar-refractivity contribution in [2.24, 2.45) is 0 Å². The number of hydrogen-bond acceptors (Lipinski definition) is 3. The first-order valence-electron chi connectivity index (χ1n) is 10.4. The Morgan fingerprint density at radius 3 is 2.71 bits per heavy atom. The van der Waals surface area contributed by atoms with Crippen molar-refractivity contribution in [3.63, 3.8) is 0 Å². The highest BCUT2D eigenvalue weighted by Crippen LogP contribution is 2.28. The monoisotopic (exact) mass is 401 g/mol. The van der Waals surface area contributed by atoms with Crippen LogP contribution in [0, 0.1) is 0 Å². The van der Waals surface area contributed by atoms with E-state index in [1.165, 1.54) is 12.1 Å². The third kappa shape index (κ3) is 3.96. The van der Waals surface area contributed by atoms with E-state index in [0.717, 1.165) is 56.4 Å². The smallest absolute Gasteiger partial charge is 0.274 e. The number of nitrogens with zero attached hydrogens (tertiary/aromatic N) is 3. The average molecular weight is 402 g/mol. The summed E-state index contributed by atoms with van der Waals surface area (Å²) in [6.45, 7) is 4.15. The van der Waals surface area contributed by atoms with Gasteiger partial charge in [0.1, 0.15) is 0 Å². The number of aromatic nitrogens is 2. The van der Waals surface area contributed by atoms with Crippen molar-refractivity contribution in [1.82, 2.24) is 14.7 Å². The van der Waals surface area contributed by atoms with Crippen LogP contribution in [-0.2, 0) is 17.6 Å². The molecule has 0 spiro atoms. The highest BCUT2D eigenvalue weighted by Gasteiger charge is 2.29. The molecule has 1 aliphatic heterocycles. The molecule has 0 bridgehead atoms. The summed E-state index contributed by atoms with van der Waals surface area (Å²) in [6.07, 6.45) is 7.57. The van der Waals surface area contributed by atoms with Gasteiger partial charge < -0.3 is 9.64 Å². The Kier molecular flexibility index (Phi) is 6.02. The van der Waals surface area contributed by atoms with E-state index in [2.05, 4.69) is 0 Å². The van der Waals surface area contributed by atoms with Gasteiger partial charge in [0.25, 0.3) is 5.91 Å². The van der Waals surface area contributed by atoms with Gasteiger partial charge in [-0.15, -0.1) is 0 Å². The van der Waals surface area contributed by atoms with E-state index in [1.54, 1.807) is 0 Å². The van der Waals surface area contributed by atoms with E-state index in [0.29, 0.717) is 23.8 Å². The highest BCUT2D eigenvalue weighted by molar-refractivity contribution is 6.30. The number of fused-ring (bicyclic) bond motifs is 1. The molecule has 2 heterocycles. The van der Waals surface area contributed by atoms with Crippen LogP contribution in [0.2, 0.25) is 5.02 Å². The van der Waals surface area contributed by atoms with Gasteiger partial charge in [0.05, 0.1) is 11.8 Å². The first-order valence-corrected chi connectivity index (χ1v) is 10.8. The Morgan fingerprint density at radius 2 is 2.00 bits per heavy atom. The molecule has 0 N–H and O–H groups in total. The van der Waals surface area contributed by atoms with Crippen molar-refractivity contribution >= 4 is 17.5 Å². The summed E-state index contributed by atoms with van der Waals surface area (Å²) in [4.78, 5) is 15.3. The number of hydrogen-bond donors (Lipinski definition) is 0. The fourth-order valence-corrected chi connectivity index (χ4v) is 4.41. The van der Waals surface area contributed by atoms with Crippen LogP contribution in [0.3, 0.4) is 0 Å². The first kappa shape index (κ1) is 19.5. The number of likely N-dealkylation sites (N-methyl/N-ethyl adjacent to an activating group) is 1. The quantitative estimate of drug-likeness (QED) is 0.696. The summed E-state index contributed by atoms with van der Waals surface area (Å²) in [7, 11) is 0. The van der Waals surface area contributed by atoms with Gasteiger partial charge in [-0.1, -0.05) is 18.0 Å². The number of rotatable bonds is 5. The van der Waals surface area contributed by atoms with Gasteiger partial charge in [0, 0.05) is 36.0 Å². The number of amides is 1. The van der Waals surface area contributed by atoms with Crippen LogP contribution in [0.25, 0.3) is 5.69 Å². The topological polar surface area (TPSA) is 47.4 Å². The summed E-state index contributed by atoms with van der Waals surface area (Å²) in [5, 5.41) is 5.52. The minimum atomic E-state index is 0.0314. The van der Waals surface area contributed by atoms with Crippen molar-refractivity contribution in [2.45, 2.75) is 58.0 Å². The molecule has 1 fully saturated rings. The predicted molar refractivity (Wildman–Crippen MR) is 110 cm³/mol. The van der Waals surface area contributed by atoms with E-state index in [4.69, 9.17) is 21.4 Å².